The van der Waals surface area contributed by atoms with Crippen molar-refractivity contribution in [2.75, 3.05) is 0 Å². The van der Waals surface area contributed by atoms with Crippen LogP contribution in [0, 0.1) is 30.3 Å². The lowest BCUT2D eigenvalue weighted by atomic mass is 10.0. The van der Waals surface area contributed by atoms with Crippen molar-refractivity contribution >= 4 is 33.0 Å². The van der Waals surface area contributed by atoms with Gasteiger partial charge in [-0.1, -0.05) is 0 Å². The standard InChI is InChI=1S/C12H6BrN3O8/c13-9-3-5(14(19)20)1-7(11(9)17)8-2-6(15(21)22)4-10(12(8)18)16(23)24/h1-4,17-18H. The molecule has 0 atom stereocenters. The third-order valence-electron chi connectivity index (χ3n) is 3.03. The summed E-state index contributed by atoms with van der Waals surface area (Å²) in [4.78, 5) is 30.0. The highest BCUT2D eigenvalue weighted by atomic mass is 79.9. The van der Waals surface area contributed by atoms with Crippen molar-refractivity contribution in [3.8, 4) is 22.6 Å². The summed E-state index contributed by atoms with van der Waals surface area (Å²) in [7, 11) is 0. The normalized spacial score (nSPS) is 10.4. The first-order valence-electron chi connectivity index (χ1n) is 5.96. The predicted molar refractivity (Wildman–Crippen MR) is 82.9 cm³/mol. The molecule has 0 radical (unpaired) electrons. The van der Waals surface area contributed by atoms with Crippen molar-refractivity contribution in [1.29, 1.82) is 0 Å². The summed E-state index contributed by atoms with van der Waals surface area (Å²) in [6.45, 7) is 0. The fraction of sp³-hybridized carbons (Fsp3) is 0. The van der Waals surface area contributed by atoms with E-state index in [4.69, 9.17) is 0 Å². The van der Waals surface area contributed by atoms with Gasteiger partial charge < -0.3 is 10.2 Å². The smallest absolute Gasteiger partial charge is 0.318 e. The third-order valence-corrected chi connectivity index (χ3v) is 3.64. The van der Waals surface area contributed by atoms with Gasteiger partial charge in [0.2, 0.25) is 5.75 Å². The Morgan fingerprint density at radius 2 is 1.21 bits per heavy atom. The highest BCUT2D eigenvalue weighted by molar-refractivity contribution is 9.10. The summed E-state index contributed by atoms with van der Waals surface area (Å²) < 4.78 is -0.125. The summed E-state index contributed by atoms with van der Waals surface area (Å²) in [5, 5.41) is 52.8. The van der Waals surface area contributed by atoms with E-state index in [2.05, 4.69) is 15.9 Å². The number of nitrogens with zero attached hydrogens (tertiary/aromatic N) is 3. The van der Waals surface area contributed by atoms with Gasteiger partial charge in [-0.2, -0.15) is 0 Å². The Labute approximate surface area is 140 Å². The Hall–Kier alpha value is -3.28. The lowest BCUT2D eigenvalue weighted by molar-refractivity contribution is -0.394. The third kappa shape index (κ3) is 2.94. The maximum Gasteiger partial charge on any atom is 0.318 e. The van der Waals surface area contributed by atoms with Crippen LogP contribution in [0.5, 0.6) is 11.5 Å². The summed E-state index contributed by atoms with van der Waals surface area (Å²) in [6, 6.07) is 3.13. The molecular formula is C12H6BrN3O8. The molecule has 0 saturated heterocycles. The lowest BCUT2D eigenvalue weighted by Gasteiger charge is -2.09. The molecule has 11 nitrogen and oxygen atoms in total. The van der Waals surface area contributed by atoms with Crippen LogP contribution >= 0.6 is 15.9 Å². The van der Waals surface area contributed by atoms with E-state index in [0.29, 0.717) is 6.07 Å². The van der Waals surface area contributed by atoms with Crippen LogP contribution in [0.1, 0.15) is 0 Å². The van der Waals surface area contributed by atoms with Crippen molar-refractivity contribution in [3.05, 3.63) is 59.1 Å². The summed E-state index contributed by atoms with van der Waals surface area (Å²) in [5.74, 6) is -1.54. The van der Waals surface area contributed by atoms with Gasteiger partial charge in [0.05, 0.1) is 25.3 Å². The molecule has 0 fully saturated rings. The fourth-order valence-electron chi connectivity index (χ4n) is 1.95. The molecule has 2 aromatic rings. The van der Waals surface area contributed by atoms with E-state index >= 15 is 0 Å². The highest BCUT2D eigenvalue weighted by Gasteiger charge is 2.27. The highest BCUT2D eigenvalue weighted by Crippen LogP contribution is 2.46. The molecule has 2 rings (SSSR count). The molecule has 0 bridgehead atoms. The van der Waals surface area contributed by atoms with Crippen LogP contribution in [0.4, 0.5) is 17.1 Å². The van der Waals surface area contributed by atoms with Crippen LogP contribution in [-0.4, -0.2) is 25.0 Å². The van der Waals surface area contributed by atoms with Crippen molar-refractivity contribution in [3.63, 3.8) is 0 Å². The number of nitro benzene ring substituents is 3. The number of benzene rings is 2. The molecule has 2 aromatic carbocycles. The minimum absolute atomic E-state index is 0.125. The van der Waals surface area contributed by atoms with E-state index in [-0.39, 0.29) is 10.0 Å². The van der Waals surface area contributed by atoms with Gasteiger partial charge in [-0.3, -0.25) is 30.3 Å². The minimum Gasteiger partial charge on any atom is -0.506 e. The van der Waals surface area contributed by atoms with Gasteiger partial charge in [0.1, 0.15) is 5.75 Å². The van der Waals surface area contributed by atoms with E-state index in [1.807, 2.05) is 0 Å². The molecule has 0 spiro atoms. The summed E-state index contributed by atoms with van der Waals surface area (Å²) in [5.41, 5.74) is -3.06. The number of aromatic hydroxyl groups is 2. The topological polar surface area (TPSA) is 170 Å². The van der Waals surface area contributed by atoms with Crippen LogP contribution in [0.3, 0.4) is 0 Å². The quantitative estimate of drug-likeness (QED) is 0.582. The predicted octanol–water partition coefficient (Wildman–Crippen LogP) is 3.25. The van der Waals surface area contributed by atoms with Gasteiger partial charge >= 0.3 is 5.69 Å². The first-order valence-corrected chi connectivity index (χ1v) is 6.75. The number of nitro groups is 3. The van der Waals surface area contributed by atoms with E-state index in [1.165, 1.54) is 0 Å². The number of phenols is 2. The zero-order chi connectivity index (χ0) is 18.2. The zero-order valence-electron chi connectivity index (χ0n) is 11.4. The number of phenolic OH excluding ortho intramolecular Hbond substituents is 2. The largest absolute Gasteiger partial charge is 0.506 e. The molecule has 0 aromatic heterocycles. The Morgan fingerprint density at radius 3 is 1.67 bits per heavy atom. The Bertz CT molecular complexity index is 898. The maximum absolute atomic E-state index is 11.0. The van der Waals surface area contributed by atoms with Crippen LogP contribution < -0.4 is 0 Å². The van der Waals surface area contributed by atoms with Crippen LogP contribution in [0.15, 0.2) is 28.7 Å². The summed E-state index contributed by atoms with van der Waals surface area (Å²) >= 11 is 2.88. The molecule has 124 valence electrons. The molecule has 12 heteroatoms. The molecular weight excluding hydrogens is 394 g/mol. The first kappa shape index (κ1) is 17.1. The van der Waals surface area contributed by atoms with Crippen LogP contribution in [0.2, 0.25) is 0 Å². The SMILES string of the molecule is O=[N+]([O-])c1cc(Br)c(O)c(-c2cc([N+](=O)[O-])cc([N+](=O)[O-])c2O)c1. The lowest BCUT2D eigenvalue weighted by Crippen LogP contribution is -1.96. The molecule has 2 N–H and O–H groups in total. The number of rotatable bonds is 4. The number of hydrogen-bond donors (Lipinski definition) is 2. The van der Waals surface area contributed by atoms with Crippen LogP contribution in [-0.2, 0) is 0 Å². The van der Waals surface area contributed by atoms with Gasteiger partial charge in [0.25, 0.3) is 11.4 Å². The fourth-order valence-corrected chi connectivity index (χ4v) is 2.40. The molecule has 0 aliphatic carbocycles. The molecule has 0 amide bonds. The van der Waals surface area contributed by atoms with E-state index in [1.54, 1.807) is 0 Å². The molecule has 0 saturated carbocycles. The van der Waals surface area contributed by atoms with Gasteiger partial charge in [0.15, 0.2) is 0 Å². The minimum atomic E-state index is -1.05. The summed E-state index contributed by atoms with van der Waals surface area (Å²) in [6.07, 6.45) is 0. The Balaban J connectivity index is 2.88. The molecule has 0 heterocycles. The molecule has 0 aliphatic rings. The van der Waals surface area contributed by atoms with Gasteiger partial charge in [0, 0.05) is 29.3 Å². The average molecular weight is 400 g/mol. The van der Waals surface area contributed by atoms with Crippen molar-refractivity contribution < 1.29 is 25.0 Å². The second-order valence-electron chi connectivity index (χ2n) is 4.46. The zero-order valence-corrected chi connectivity index (χ0v) is 13.0. The Morgan fingerprint density at radius 1 is 0.750 bits per heavy atom. The average Bonchev–Trinajstić information content (AvgIpc) is 2.49. The van der Waals surface area contributed by atoms with E-state index < -0.39 is 48.9 Å². The Kier molecular flexibility index (Phi) is 4.33. The van der Waals surface area contributed by atoms with Crippen molar-refractivity contribution in [2.24, 2.45) is 0 Å². The monoisotopic (exact) mass is 399 g/mol. The van der Waals surface area contributed by atoms with Gasteiger partial charge in [-0.05, 0) is 15.9 Å². The van der Waals surface area contributed by atoms with Crippen molar-refractivity contribution in [2.45, 2.75) is 0 Å². The van der Waals surface area contributed by atoms with Crippen molar-refractivity contribution in [1.82, 2.24) is 0 Å². The number of non-ortho nitro benzene ring substituents is 2. The van der Waals surface area contributed by atoms with E-state index in [0.717, 1.165) is 18.2 Å². The van der Waals surface area contributed by atoms with Crippen LogP contribution in [0.25, 0.3) is 11.1 Å². The number of halogens is 1. The molecule has 24 heavy (non-hydrogen) atoms. The second-order valence-corrected chi connectivity index (χ2v) is 5.31. The van der Waals surface area contributed by atoms with Gasteiger partial charge in [-0.25, -0.2) is 0 Å². The molecule has 0 unspecified atom stereocenters. The maximum atomic E-state index is 11.0. The van der Waals surface area contributed by atoms with E-state index in [9.17, 15) is 40.6 Å². The number of hydrogen-bond acceptors (Lipinski definition) is 8. The molecule has 0 aliphatic heterocycles. The second kappa shape index (κ2) is 6.08. The van der Waals surface area contributed by atoms with Gasteiger partial charge in [-0.15, -0.1) is 0 Å². The first-order chi connectivity index (χ1) is 11.1.